The monoisotopic (exact) mass is 463 g/mol. The molecule has 0 saturated carbocycles. The Bertz CT molecular complexity index is 1070. The summed E-state index contributed by atoms with van der Waals surface area (Å²) in [5.41, 5.74) is 7.34. The molecule has 2 N–H and O–H groups in total. The van der Waals surface area contributed by atoms with Gasteiger partial charge in [-0.05, 0) is 33.7 Å². The van der Waals surface area contributed by atoms with Crippen LogP contribution in [-0.2, 0) is 28.0 Å². The number of aromatic nitrogens is 4. The number of amides is 1. The summed E-state index contributed by atoms with van der Waals surface area (Å²) < 4.78 is 6.94. The van der Waals surface area contributed by atoms with Gasteiger partial charge >= 0.3 is 5.97 Å². The molecule has 2 atom stereocenters. The molecule has 2 aliphatic rings. The summed E-state index contributed by atoms with van der Waals surface area (Å²) in [6, 6.07) is 5.05. The summed E-state index contributed by atoms with van der Waals surface area (Å²) in [5.74, 6) is -0.0602. The number of fused-ring (bicyclic) bond motifs is 1. The maximum atomic E-state index is 12.9. The van der Waals surface area contributed by atoms with Gasteiger partial charge in [0, 0.05) is 30.7 Å². The van der Waals surface area contributed by atoms with E-state index >= 15 is 0 Å². The van der Waals surface area contributed by atoms with Gasteiger partial charge in [-0.3, -0.25) is 19.8 Å². The van der Waals surface area contributed by atoms with Crippen molar-refractivity contribution in [2.24, 2.45) is 12.8 Å². The van der Waals surface area contributed by atoms with Gasteiger partial charge in [0.15, 0.2) is 0 Å². The first-order valence-corrected chi connectivity index (χ1v) is 11.1. The predicted molar refractivity (Wildman–Crippen MR) is 111 cm³/mol. The zero-order valence-corrected chi connectivity index (χ0v) is 17.8. The lowest BCUT2D eigenvalue weighted by Gasteiger charge is -2.48. The number of hydrogen-bond acceptors (Lipinski definition) is 11. The van der Waals surface area contributed by atoms with Crippen molar-refractivity contribution in [1.29, 1.82) is 0 Å². The van der Waals surface area contributed by atoms with Gasteiger partial charge in [-0.15, -0.1) is 16.9 Å². The first-order chi connectivity index (χ1) is 14.9. The van der Waals surface area contributed by atoms with Crippen molar-refractivity contribution in [3.05, 3.63) is 51.2 Å². The van der Waals surface area contributed by atoms with Crippen molar-refractivity contribution in [3.8, 4) is 0 Å². The van der Waals surface area contributed by atoms with Crippen LogP contribution < -0.4 is 5.73 Å². The van der Waals surface area contributed by atoms with Crippen molar-refractivity contribution >= 4 is 41.1 Å². The van der Waals surface area contributed by atoms with E-state index in [1.807, 2.05) is 0 Å². The smallest absolute Gasteiger partial charge is 0.355 e. The topological polar surface area (TPSA) is 159 Å². The van der Waals surface area contributed by atoms with Crippen LogP contribution in [0.4, 0.5) is 5.69 Å². The van der Waals surface area contributed by atoms with Crippen LogP contribution in [0.1, 0.15) is 5.56 Å². The van der Waals surface area contributed by atoms with Crippen molar-refractivity contribution in [2.45, 2.75) is 23.2 Å². The molecule has 162 valence electrons. The first kappa shape index (κ1) is 21.3. The van der Waals surface area contributed by atoms with Crippen LogP contribution in [0, 0.1) is 10.1 Å². The van der Waals surface area contributed by atoms with E-state index in [0.717, 1.165) is 5.57 Å². The third-order valence-electron chi connectivity index (χ3n) is 4.76. The lowest BCUT2D eigenvalue weighted by molar-refractivity contribution is -0.384. The van der Waals surface area contributed by atoms with Gasteiger partial charge in [0.25, 0.3) is 5.69 Å². The average Bonchev–Trinajstić information content (AvgIpc) is 3.19. The summed E-state index contributed by atoms with van der Waals surface area (Å²) in [5, 5.41) is 22.3. The van der Waals surface area contributed by atoms with Gasteiger partial charge in [0.2, 0.25) is 11.1 Å². The third-order valence-corrected chi connectivity index (χ3v) is 7.21. The molecule has 3 heterocycles. The SMILES string of the molecule is Cn1nnnc1SCC1=C(C(=O)OCc2ccc([N+](=O)[O-])cc2)N2C(=O)C(N)[C@@H]2SC1. The Hall–Kier alpha value is -2.97. The zero-order valence-electron chi connectivity index (χ0n) is 16.2. The molecule has 1 aromatic carbocycles. The van der Waals surface area contributed by atoms with Gasteiger partial charge in [0.05, 0.1) is 4.92 Å². The quantitative estimate of drug-likeness (QED) is 0.200. The number of nitrogens with zero attached hydrogens (tertiary/aromatic N) is 6. The average molecular weight is 464 g/mol. The molecule has 0 spiro atoms. The number of rotatable bonds is 7. The van der Waals surface area contributed by atoms with Crippen molar-refractivity contribution in [2.75, 3.05) is 11.5 Å². The molecule has 1 aromatic heterocycles. The molecule has 14 heteroatoms. The second-order valence-corrected chi connectivity index (χ2v) is 8.81. The molecule has 1 saturated heterocycles. The fraction of sp³-hybridized carbons (Fsp3) is 0.353. The number of carbonyl (C=O) groups excluding carboxylic acids is 2. The van der Waals surface area contributed by atoms with Crippen LogP contribution in [-0.4, -0.2) is 64.8 Å². The van der Waals surface area contributed by atoms with Crippen LogP contribution in [0.15, 0.2) is 40.7 Å². The fourth-order valence-electron chi connectivity index (χ4n) is 3.11. The highest BCUT2D eigenvalue weighted by molar-refractivity contribution is 8.01. The van der Waals surface area contributed by atoms with Crippen LogP contribution in [0.3, 0.4) is 0 Å². The van der Waals surface area contributed by atoms with E-state index in [2.05, 4.69) is 15.5 Å². The van der Waals surface area contributed by atoms with Crippen LogP contribution in [0.5, 0.6) is 0 Å². The molecule has 0 aliphatic carbocycles. The number of ether oxygens (including phenoxy) is 1. The number of nitro groups is 1. The molecular formula is C17H17N7O5S2. The Kier molecular flexibility index (Phi) is 5.93. The van der Waals surface area contributed by atoms with Crippen molar-refractivity contribution in [3.63, 3.8) is 0 Å². The minimum absolute atomic E-state index is 0.0531. The molecule has 4 rings (SSSR count). The minimum Gasteiger partial charge on any atom is -0.456 e. The Balaban J connectivity index is 1.51. The summed E-state index contributed by atoms with van der Waals surface area (Å²) in [7, 11) is 1.71. The number of tetrazole rings is 1. The lowest BCUT2D eigenvalue weighted by atomic mass is 10.0. The Morgan fingerprint density at radius 1 is 1.42 bits per heavy atom. The highest BCUT2D eigenvalue weighted by Gasteiger charge is 2.52. The number of esters is 1. The predicted octanol–water partition coefficient (Wildman–Crippen LogP) is 0.450. The van der Waals surface area contributed by atoms with E-state index in [1.165, 1.54) is 57.4 Å². The number of carbonyl (C=O) groups is 2. The van der Waals surface area contributed by atoms with Crippen molar-refractivity contribution < 1.29 is 19.2 Å². The number of aryl methyl sites for hydroxylation is 1. The zero-order chi connectivity index (χ0) is 22.1. The molecule has 1 amide bonds. The number of non-ortho nitro benzene ring substituents is 1. The molecule has 31 heavy (non-hydrogen) atoms. The molecule has 0 bridgehead atoms. The van der Waals surface area contributed by atoms with Gasteiger partial charge in [-0.25, -0.2) is 9.48 Å². The number of benzene rings is 1. The maximum Gasteiger partial charge on any atom is 0.355 e. The third kappa shape index (κ3) is 4.13. The summed E-state index contributed by atoms with van der Waals surface area (Å²) in [6.07, 6.45) is 0. The van der Waals surface area contributed by atoms with Gasteiger partial charge in [-0.2, -0.15) is 0 Å². The van der Waals surface area contributed by atoms with E-state index < -0.39 is 16.9 Å². The Labute approximate surface area is 184 Å². The normalized spacial score (nSPS) is 20.3. The molecule has 0 radical (unpaired) electrons. The number of thioether (sulfide) groups is 2. The number of nitrogens with two attached hydrogens (primary N) is 1. The van der Waals surface area contributed by atoms with Gasteiger partial charge < -0.3 is 10.5 Å². The van der Waals surface area contributed by atoms with Crippen LogP contribution in [0.2, 0.25) is 0 Å². The van der Waals surface area contributed by atoms with Crippen molar-refractivity contribution in [1.82, 2.24) is 25.1 Å². The molecular weight excluding hydrogens is 446 g/mol. The molecule has 2 aromatic rings. The fourth-order valence-corrected chi connectivity index (χ4v) is 5.39. The van der Waals surface area contributed by atoms with E-state index in [1.54, 1.807) is 7.05 Å². The van der Waals surface area contributed by atoms with Crippen LogP contribution in [0.25, 0.3) is 0 Å². The highest BCUT2D eigenvalue weighted by Crippen LogP contribution is 2.41. The summed E-state index contributed by atoms with van der Waals surface area (Å²) in [4.78, 5) is 37.0. The molecule has 12 nitrogen and oxygen atoms in total. The molecule has 1 fully saturated rings. The standard InChI is InChI=1S/C17H17N7O5S2/c1-22-17(19-20-21-22)31-8-10-7-30-15-12(18)14(25)23(15)13(10)16(26)29-6-9-2-4-11(5-3-9)24(27)28/h2-5,12,15H,6-8,18H2,1H3/t12?,15-/m0/s1. The van der Waals surface area contributed by atoms with Gasteiger partial charge in [0.1, 0.15) is 23.7 Å². The largest absolute Gasteiger partial charge is 0.456 e. The Morgan fingerprint density at radius 2 is 2.16 bits per heavy atom. The van der Waals surface area contributed by atoms with E-state index in [0.29, 0.717) is 22.2 Å². The second-order valence-electron chi connectivity index (χ2n) is 6.76. The molecule has 1 unspecified atom stereocenters. The number of β-lactam (4-membered cyclic amide) rings is 1. The minimum atomic E-state index is -0.653. The summed E-state index contributed by atoms with van der Waals surface area (Å²) in [6.45, 7) is -0.0835. The first-order valence-electron chi connectivity index (χ1n) is 9.04. The van der Waals surface area contributed by atoms with E-state index in [-0.39, 0.29) is 29.3 Å². The number of hydrogen-bond donors (Lipinski definition) is 1. The van der Waals surface area contributed by atoms with E-state index in [4.69, 9.17) is 10.5 Å². The maximum absolute atomic E-state index is 12.9. The lowest BCUT2D eigenvalue weighted by Crippen LogP contribution is -2.68. The summed E-state index contributed by atoms with van der Waals surface area (Å²) >= 11 is 2.84. The number of nitro benzene ring substituents is 1. The second kappa shape index (κ2) is 8.64. The highest BCUT2D eigenvalue weighted by atomic mass is 32.2. The van der Waals surface area contributed by atoms with Gasteiger partial charge in [-0.1, -0.05) is 11.8 Å². The van der Waals surface area contributed by atoms with E-state index in [9.17, 15) is 19.7 Å². The Morgan fingerprint density at radius 3 is 2.81 bits per heavy atom. The van der Waals surface area contributed by atoms with Crippen LogP contribution >= 0.6 is 23.5 Å². The molecule has 2 aliphatic heterocycles.